The number of hydrogen-bond acceptors (Lipinski definition) is 6. The van der Waals surface area contributed by atoms with Crippen LogP contribution in [0.15, 0.2) is 24.8 Å². The molecule has 0 bridgehead atoms. The van der Waals surface area contributed by atoms with Gasteiger partial charge < -0.3 is 9.88 Å². The Morgan fingerprint density at radius 3 is 2.70 bits per heavy atom. The summed E-state index contributed by atoms with van der Waals surface area (Å²) in [7, 11) is -3.19. The summed E-state index contributed by atoms with van der Waals surface area (Å²) in [5.74, 6) is -0.0516. The molecule has 2 aliphatic rings. The Bertz CT molecular complexity index is 971. The van der Waals surface area contributed by atoms with Gasteiger partial charge in [-0.15, -0.1) is 0 Å². The number of carbonyl (C=O) groups is 1. The van der Waals surface area contributed by atoms with E-state index in [4.69, 9.17) is 0 Å². The van der Waals surface area contributed by atoms with E-state index in [9.17, 15) is 13.2 Å². The van der Waals surface area contributed by atoms with E-state index in [-0.39, 0.29) is 29.5 Å². The number of carbonyl (C=O) groups excluding carboxylic acids is 1. The van der Waals surface area contributed by atoms with Crippen LogP contribution in [-0.2, 0) is 16.4 Å². The lowest BCUT2D eigenvalue weighted by Crippen LogP contribution is -2.60. The number of nitrogens with zero attached hydrogens (tertiary/aromatic N) is 4. The number of H-pyrrole nitrogens is 1. The number of hydrogen-bond donors (Lipinski definition) is 1. The molecule has 27 heavy (non-hydrogen) atoms. The van der Waals surface area contributed by atoms with Gasteiger partial charge in [-0.2, -0.15) is 0 Å². The van der Waals surface area contributed by atoms with Crippen LogP contribution in [0.25, 0.3) is 0 Å². The van der Waals surface area contributed by atoms with E-state index in [2.05, 4.69) is 19.9 Å². The first-order valence-corrected chi connectivity index (χ1v) is 10.8. The van der Waals surface area contributed by atoms with Crippen molar-refractivity contribution in [1.82, 2.24) is 24.8 Å². The molecule has 1 amide bonds. The van der Waals surface area contributed by atoms with Crippen molar-refractivity contribution in [1.29, 1.82) is 0 Å². The molecule has 2 aromatic heterocycles. The number of amides is 1. The molecule has 144 valence electrons. The topological polar surface area (TPSA) is 99.3 Å². The van der Waals surface area contributed by atoms with Crippen molar-refractivity contribution < 1.29 is 13.2 Å². The van der Waals surface area contributed by atoms with E-state index in [1.807, 2.05) is 13.8 Å². The van der Waals surface area contributed by atoms with Gasteiger partial charge in [0.05, 0.1) is 35.1 Å². The van der Waals surface area contributed by atoms with Gasteiger partial charge in [-0.25, -0.2) is 13.4 Å². The summed E-state index contributed by atoms with van der Waals surface area (Å²) in [6.07, 6.45) is 4.90. The third-order valence-electron chi connectivity index (χ3n) is 5.46. The number of sulfone groups is 1. The second-order valence-corrected chi connectivity index (χ2v) is 9.56. The fourth-order valence-electron chi connectivity index (χ4n) is 4.05. The summed E-state index contributed by atoms with van der Waals surface area (Å²) < 4.78 is 24.7. The maximum atomic E-state index is 13.0. The monoisotopic (exact) mass is 389 g/mol. The number of aromatic amines is 1. The van der Waals surface area contributed by atoms with Gasteiger partial charge in [0, 0.05) is 43.8 Å². The number of aromatic nitrogens is 3. The maximum absolute atomic E-state index is 13.0. The van der Waals surface area contributed by atoms with Crippen molar-refractivity contribution in [2.75, 3.05) is 24.6 Å². The average molecular weight is 389 g/mol. The van der Waals surface area contributed by atoms with E-state index in [0.717, 1.165) is 17.0 Å². The first-order valence-electron chi connectivity index (χ1n) is 9.00. The summed E-state index contributed by atoms with van der Waals surface area (Å²) in [5, 5.41) is 0. The number of pyridine rings is 1. The van der Waals surface area contributed by atoms with Gasteiger partial charge in [0.1, 0.15) is 0 Å². The van der Waals surface area contributed by atoms with Crippen LogP contribution in [0, 0.1) is 13.8 Å². The number of nitrogens with one attached hydrogen (secondary N) is 1. The van der Waals surface area contributed by atoms with Crippen LogP contribution >= 0.6 is 0 Å². The summed E-state index contributed by atoms with van der Waals surface area (Å²) in [6.45, 7) is 5.54. The molecule has 8 nitrogen and oxygen atoms in total. The quantitative estimate of drug-likeness (QED) is 0.823. The van der Waals surface area contributed by atoms with Gasteiger partial charge in [0.15, 0.2) is 9.84 Å². The van der Waals surface area contributed by atoms with Crippen molar-refractivity contribution in [2.24, 2.45) is 0 Å². The Hall–Kier alpha value is -2.26. The molecule has 0 aliphatic carbocycles. The SMILES string of the molecule is Cc1cncc(C(=O)N2CCN(Cc3nc[nH]c3C)[C@@H]3CS(=O)(=O)C[C@@H]32)c1. The molecule has 0 saturated carbocycles. The molecule has 2 fully saturated rings. The van der Waals surface area contributed by atoms with Gasteiger partial charge in [0.2, 0.25) is 0 Å². The molecule has 2 aromatic rings. The minimum atomic E-state index is -3.19. The molecule has 4 heterocycles. The molecule has 9 heteroatoms. The molecule has 2 atom stereocenters. The van der Waals surface area contributed by atoms with Crippen LogP contribution in [0.5, 0.6) is 0 Å². The van der Waals surface area contributed by atoms with Crippen molar-refractivity contribution >= 4 is 15.7 Å². The van der Waals surface area contributed by atoms with Gasteiger partial charge in [-0.1, -0.05) is 0 Å². The molecular formula is C18H23N5O3S. The van der Waals surface area contributed by atoms with E-state index in [1.54, 1.807) is 29.7 Å². The lowest BCUT2D eigenvalue weighted by molar-refractivity contribution is 0.0301. The van der Waals surface area contributed by atoms with Gasteiger partial charge in [-0.3, -0.25) is 14.7 Å². The molecule has 1 N–H and O–H groups in total. The van der Waals surface area contributed by atoms with Crippen molar-refractivity contribution in [3.8, 4) is 0 Å². The van der Waals surface area contributed by atoms with Crippen molar-refractivity contribution in [3.05, 3.63) is 47.3 Å². The maximum Gasteiger partial charge on any atom is 0.255 e. The number of aryl methyl sites for hydroxylation is 2. The second kappa shape index (κ2) is 6.72. The molecule has 2 aliphatic heterocycles. The molecule has 0 radical (unpaired) electrons. The zero-order valence-corrected chi connectivity index (χ0v) is 16.2. The van der Waals surface area contributed by atoms with E-state index in [1.165, 1.54) is 0 Å². The van der Waals surface area contributed by atoms with E-state index in [0.29, 0.717) is 25.2 Å². The standard InChI is InChI=1S/C18H23N5O3S/c1-12-5-14(7-19-6-12)18(24)23-4-3-22(8-15-13(2)20-11-21-15)16-9-27(25,26)10-17(16)23/h5-7,11,16-17H,3-4,8-10H2,1-2H3,(H,20,21)/t16-,17+/m1/s1. The number of fused-ring (bicyclic) bond motifs is 1. The average Bonchev–Trinajstić information content (AvgIpc) is 3.16. The normalized spacial score (nSPS) is 24.7. The van der Waals surface area contributed by atoms with Crippen molar-refractivity contribution in [3.63, 3.8) is 0 Å². The van der Waals surface area contributed by atoms with Crippen LogP contribution in [-0.4, -0.2) is 75.8 Å². The first kappa shape index (κ1) is 18.1. The zero-order valence-electron chi connectivity index (χ0n) is 15.4. The Morgan fingerprint density at radius 1 is 1.22 bits per heavy atom. The Labute approximate surface area is 158 Å². The van der Waals surface area contributed by atoms with E-state index >= 15 is 0 Å². The van der Waals surface area contributed by atoms with Gasteiger partial charge >= 0.3 is 0 Å². The predicted octanol–water partition coefficient (Wildman–Crippen LogP) is 0.545. The Balaban J connectivity index is 1.60. The molecule has 4 rings (SSSR count). The van der Waals surface area contributed by atoms with Crippen LogP contribution in [0.2, 0.25) is 0 Å². The molecular weight excluding hydrogens is 366 g/mol. The number of rotatable bonds is 3. The molecule has 0 spiro atoms. The van der Waals surface area contributed by atoms with E-state index < -0.39 is 9.84 Å². The molecule has 0 unspecified atom stereocenters. The zero-order chi connectivity index (χ0) is 19.2. The Morgan fingerprint density at radius 2 is 2.00 bits per heavy atom. The predicted molar refractivity (Wildman–Crippen MR) is 100.0 cm³/mol. The lowest BCUT2D eigenvalue weighted by Gasteiger charge is -2.43. The first-order chi connectivity index (χ1) is 12.8. The minimum absolute atomic E-state index is 0.0126. The summed E-state index contributed by atoms with van der Waals surface area (Å²) in [4.78, 5) is 28.4. The smallest absolute Gasteiger partial charge is 0.255 e. The molecule has 2 saturated heterocycles. The third-order valence-corrected chi connectivity index (χ3v) is 7.16. The van der Waals surface area contributed by atoms with Gasteiger partial charge in [0.25, 0.3) is 5.91 Å². The molecule has 0 aromatic carbocycles. The summed E-state index contributed by atoms with van der Waals surface area (Å²) in [5.41, 5.74) is 3.32. The van der Waals surface area contributed by atoms with Crippen LogP contribution < -0.4 is 0 Å². The lowest BCUT2D eigenvalue weighted by atomic mass is 10.0. The highest BCUT2D eigenvalue weighted by Gasteiger charge is 2.48. The number of imidazole rings is 1. The van der Waals surface area contributed by atoms with Crippen LogP contribution in [0.4, 0.5) is 0 Å². The number of piperazine rings is 1. The van der Waals surface area contributed by atoms with Gasteiger partial charge in [-0.05, 0) is 25.5 Å². The summed E-state index contributed by atoms with van der Waals surface area (Å²) >= 11 is 0. The summed E-state index contributed by atoms with van der Waals surface area (Å²) in [6, 6.07) is 1.25. The second-order valence-electron chi connectivity index (χ2n) is 7.41. The fourth-order valence-corrected chi connectivity index (χ4v) is 6.06. The largest absolute Gasteiger partial charge is 0.348 e. The highest BCUT2D eigenvalue weighted by Crippen LogP contribution is 2.29. The van der Waals surface area contributed by atoms with Crippen LogP contribution in [0.1, 0.15) is 27.3 Å². The highest BCUT2D eigenvalue weighted by molar-refractivity contribution is 7.91. The minimum Gasteiger partial charge on any atom is -0.348 e. The third kappa shape index (κ3) is 3.49. The fraction of sp³-hybridized carbons (Fsp3) is 0.500. The Kier molecular flexibility index (Phi) is 4.51. The van der Waals surface area contributed by atoms with Crippen molar-refractivity contribution in [2.45, 2.75) is 32.5 Å². The highest BCUT2D eigenvalue weighted by atomic mass is 32.2. The van der Waals surface area contributed by atoms with Crippen LogP contribution in [0.3, 0.4) is 0 Å².